The Bertz CT molecular complexity index is 2330. The highest BCUT2D eigenvalue weighted by atomic mass is 15.0. The molecule has 1 aliphatic carbocycles. The summed E-state index contributed by atoms with van der Waals surface area (Å²) in [5.74, 6) is 0. The van der Waals surface area contributed by atoms with Crippen molar-refractivity contribution < 1.29 is 0 Å². The molecule has 0 fully saturated rings. The highest BCUT2D eigenvalue weighted by Gasteiger charge is 2.21. The number of allylic oxidation sites excluding steroid dienone is 1. The zero-order valence-electron chi connectivity index (χ0n) is 22.0. The summed E-state index contributed by atoms with van der Waals surface area (Å²) in [5.41, 5.74) is 8.89. The predicted molar refractivity (Wildman–Crippen MR) is 170 cm³/mol. The topological polar surface area (TPSA) is 9.86 Å². The molecule has 2 aromatic heterocycles. The van der Waals surface area contributed by atoms with Crippen molar-refractivity contribution in [1.82, 2.24) is 9.13 Å². The lowest BCUT2D eigenvalue weighted by atomic mass is 9.97. The monoisotopic (exact) mass is 510 g/mol. The number of benzene rings is 6. The third-order valence-electron chi connectivity index (χ3n) is 8.74. The fourth-order valence-corrected chi connectivity index (χ4v) is 7.07. The van der Waals surface area contributed by atoms with Crippen LogP contribution < -0.4 is 0 Å². The summed E-state index contributed by atoms with van der Waals surface area (Å²) < 4.78 is 4.91. The number of rotatable bonds is 2. The maximum atomic E-state index is 2.47. The van der Waals surface area contributed by atoms with Gasteiger partial charge in [0.2, 0.25) is 0 Å². The van der Waals surface area contributed by atoms with Crippen molar-refractivity contribution in [3.8, 4) is 11.4 Å². The zero-order chi connectivity index (χ0) is 26.2. The van der Waals surface area contributed by atoms with Gasteiger partial charge >= 0.3 is 0 Å². The summed E-state index contributed by atoms with van der Waals surface area (Å²) in [6.45, 7) is 0. The maximum Gasteiger partial charge on any atom is 0.0547 e. The lowest BCUT2D eigenvalue weighted by Crippen LogP contribution is -2.02. The van der Waals surface area contributed by atoms with Gasteiger partial charge in [0, 0.05) is 33.2 Å². The Balaban J connectivity index is 1.35. The van der Waals surface area contributed by atoms with Crippen molar-refractivity contribution >= 4 is 60.3 Å². The molecule has 2 heterocycles. The molecule has 0 unspecified atom stereocenters. The van der Waals surface area contributed by atoms with Gasteiger partial charge in [0.05, 0.1) is 16.6 Å². The van der Waals surface area contributed by atoms with Crippen molar-refractivity contribution in [2.75, 3.05) is 0 Å². The Morgan fingerprint density at radius 2 is 1.10 bits per heavy atom. The maximum absolute atomic E-state index is 2.47. The van der Waals surface area contributed by atoms with Crippen molar-refractivity contribution in [1.29, 1.82) is 0 Å². The van der Waals surface area contributed by atoms with E-state index in [1.807, 2.05) is 0 Å². The SMILES string of the molecule is C1=Cc2c(c3c4ccccc4ccc3n2-c2cccc(-n3c4ccccc4c4c5ccccc5ccc43)c2)CC1. The molecule has 2 heteroatoms. The molecule has 0 saturated heterocycles. The van der Waals surface area contributed by atoms with Crippen LogP contribution in [0.25, 0.3) is 71.7 Å². The largest absolute Gasteiger partial charge is 0.309 e. The fourth-order valence-electron chi connectivity index (χ4n) is 7.07. The highest BCUT2D eigenvalue weighted by Crippen LogP contribution is 2.40. The summed E-state index contributed by atoms with van der Waals surface area (Å²) in [7, 11) is 0. The molecule has 0 radical (unpaired) electrons. The number of hydrogen-bond donors (Lipinski definition) is 0. The van der Waals surface area contributed by atoms with Gasteiger partial charge in [-0.05, 0) is 82.4 Å². The molecule has 0 atom stereocenters. The third-order valence-corrected chi connectivity index (χ3v) is 8.74. The third kappa shape index (κ3) is 2.93. The number of para-hydroxylation sites is 1. The van der Waals surface area contributed by atoms with Crippen molar-refractivity contribution in [2.24, 2.45) is 0 Å². The fraction of sp³-hybridized carbons (Fsp3) is 0.0526. The van der Waals surface area contributed by atoms with E-state index < -0.39 is 0 Å². The average Bonchev–Trinajstić information content (AvgIpc) is 3.55. The summed E-state index contributed by atoms with van der Waals surface area (Å²) in [6.07, 6.45) is 6.81. The number of hydrogen-bond acceptors (Lipinski definition) is 0. The standard InChI is InChI=1S/C38H26N2/c1-3-14-29-25(10-1)20-22-35-37(29)31-16-5-7-18-33(31)39(35)27-12-9-13-28(24-27)40-34-19-8-6-17-32(34)38-30-15-4-2-11-26(30)21-23-36(38)40/h1-5,7-16,18-24H,6,17H2. The molecule has 9 rings (SSSR count). The van der Waals surface area contributed by atoms with Crippen molar-refractivity contribution in [3.05, 3.63) is 139 Å². The number of nitrogens with zero attached hydrogens (tertiary/aromatic N) is 2. The van der Waals surface area contributed by atoms with Gasteiger partial charge in [-0.1, -0.05) is 91.0 Å². The second-order valence-electron chi connectivity index (χ2n) is 10.9. The Morgan fingerprint density at radius 1 is 0.475 bits per heavy atom. The molecule has 8 aromatic rings. The molecular weight excluding hydrogens is 484 g/mol. The van der Waals surface area contributed by atoms with Gasteiger partial charge in [-0.2, -0.15) is 0 Å². The first-order chi connectivity index (χ1) is 19.9. The second kappa shape index (κ2) is 8.21. The summed E-state index contributed by atoms with van der Waals surface area (Å²) >= 11 is 0. The first kappa shape index (κ1) is 21.8. The van der Waals surface area contributed by atoms with Gasteiger partial charge in [-0.3, -0.25) is 0 Å². The second-order valence-corrected chi connectivity index (χ2v) is 10.9. The van der Waals surface area contributed by atoms with Crippen LogP contribution in [0, 0.1) is 0 Å². The molecule has 0 spiro atoms. The first-order valence-corrected chi connectivity index (χ1v) is 14.1. The zero-order valence-corrected chi connectivity index (χ0v) is 22.0. The average molecular weight is 511 g/mol. The summed E-state index contributed by atoms with van der Waals surface area (Å²) in [6, 6.07) is 44.5. The van der Waals surface area contributed by atoms with Crippen LogP contribution in [0.2, 0.25) is 0 Å². The smallest absolute Gasteiger partial charge is 0.0547 e. The molecule has 0 amide bonds. The minimum Gasteiger partial charge on any atom is -0.309 e. The van der Waals surface area contributed by atoms with E-state index in [1.54, 1.807) is 0 Å². The number of aryl methyl sites for hydroxylation is 1. The van der Waals surface area contributed by atoms with Gasteiger partial charge in [0.15, 0.2) is 0 Å². The van der Waals surface area contributed by atoms with Crippen LogP contribution in [0.3, 0.4) is 0 Å². The number of fused-ring (bicyclic) bond motifs is 10. The van der Waals surface area contributed by atoms with E-state index in [0.29, 0.717) is 0 Å². The van der Waals surface area contributed by atoms with Gasteiger partial charge in [-0.15, -0.1) is 0 Å². The Kier molecular flexibility index (Phi) is 4.48. The number of aromatic nitrogens is 2. The van der Waals surface area contributed by atoms with Gasteiger partial charge in [-0.25, -0.2) is 0 Å². The summed E-state index contributed by atoms with van der Waals surface area (Å²) in [4.78, 5) is 0. The van der Waals surface area contributed by atoms with Crippen LogP contribution in [-0.2, 0) is 6.42 Å². The first-order valence-electron chi connectivity index (χ1n) is 14.1. The molecular formula is C38H26N2. The predicted octanol–water partition coefficient (Wildman–Crippen LogP) is 9.99. The van der Waals surface area contributed by atoms with E-state index in [-0.39, 0.29) is 0 Å². The van der Waals surface area contributed by atoms with E-state index >= 15 is 0 Å². The van der Waals surface area contributed by atoms with Crippen LogP contribution in [0.5, 0.6) is 0 Å². The van der Waals surface area contributed by atoms with Crippen LogP contribution in [0.4, 0.5) is 0 Å². The minimum absolute atomic E-state index is 1.07. The minimum atomic E-state index is 1.07. The summed E-state index contributed by atoms with van der Waals surface area (Å²) in [5, 5.41) is 9.22. The Hall–Kier alpha value is -5.08. The molecule has 0 N–H and O–H groups in total. The van der Waals surface area contributed by atoms with Crippen LogP contribution in [-0.4, -0.2) is 9.13 Å². The van der Waals surface area contributed by atoms with E-state index in [1.165, 1.54) is 76.9 Å². The lowest BCUT2D eigenvalue weighted by Gasteiger charge is -2.15. The highest BCUT2D eigenvalue weighted by molar-refractivity contribution is 6.21. The van der Waals surface area contributed by atoms with Gasteiger partial charge in [0.1, 0.15) is 0 Å². The van der Waals surface area contributed by atoms with Crippen molar-refractivity contribution in [2.45, 2.75) is 12.8 Å². The quantitative estimate of drug-likeness (QED) is 0.219. The molecule has 6 aromatic carbocycles. The molecule has 1 aliphatic rings. The lowest BCUT2D eigenvalue weighted by molar-refractivity contribution is 0.967. The van der Waals surface area contributed by atoms with Gasteiger partial charge in [0.25, 0.3) is 0 Å². The van der Waals surface area contributed by atoms with Gasteiger partial charge < -0.3 is 9.13 Å². The Morgan fingerprint density at radius 3 is 1.88 bits per heavy atom. The van der Waals surface area contributed by atoms with E-state index in [2.05, 4.69) is 143 Å². The normalized spacial score (nSPS) is 13.2. The van der Waals surface area contributed by atoms with Crippen LogP contribution >= 0.6 is 0 Å². The molecule has 0 aliphatic heterocycles. The van der Waals surface area contributed by atoms with Crippen molar-refractivity contribution in [3.63, 3.8) is 0 Å². The molecule has 188 valence electrons. The molecule has 40 heavy (non-hydrogen) atoms. The van der Waals surface area contributed by atoms with E-state index in [0.717, 1.165) is 12.8 Å². The Labute approximate surface area is 232 Å². The molecule has 2 nitrogen and oxygen atoms in total. The van der Waals surface area contributed by atoms with E-state index in [9.17, 15) is 0 Å². The van der Waals surface area contributed by atoms with E-state index in [4.69, 9.17) is 0 Å². The molecule has 0 saturated carbocycles. The molecule has 0 bridgehead atoms. The van der Waals surface area contributed by atoms with Crippen LogP contribution in [0.15, 0.2) is 127 Å². The van der Waals surface area contributed by atoms with Crippen LogP contribution in [0.1, 0.15) is 17.7 Å².